The van der Waals surface area contributed by atoms with Gasteiger partial charge in [-0.2, -0.15) is 15.3 Å². The molecule has 312 valence electrons. The van der Waals surface area contributed by atoms with Crippen molar-refractivity contribution in [2.75, 3.05) is 28.8 Å². The predicted molar refractivity (Wildman–Crippen MR) is 241 cm³/mol. The highest BCUT2D eigenvalue weighted by Crippen LogP contribution is 2.64. The quantitative estimate of drug-likeness (QED) is 0.0956. The Balaban J connectivity index is 0.988. The fourth-order valence-corrected chi connectivity index (χ4v) is 11.5. The number of aromatic nitrogens is 2. The highest BCUT2D eigenvalue weighted by molar-refractivity contribution is 7.22. The summed E-state index contributed by atoms with van der Waals surface area (Å²) in [5.74, 6) is -5.21. The van der Waals surface area contributed by atoms with Gasteiger partial charge in [0.05, 0.1) is 45.1 Å². The lowest BCUT2D eigenvalue weighted by Gasteiger charge is -2.49. The normalized spacial score (nSPS) is 24.5. The summed E-state index contributed by atoms with van der Waals surface area (Å²) < 4.78 is 2.55. The maximum Gasteiger partial charge on any atom is 0.242 e. The summed E-state index contributed by atoms with van der Waals surface area (Å²) in [4.78, 5) is 64.3. The Morgan fingerprint density at radius 1 is 0.806 bits per heavy atom. The van der Waals surface area contributed by atoms with E-state index < -0.39 is 46.8 Å². The van der Waals surface area contributed by atoms with Crippen LogP contribution in [0, 0.1) is 29.1 Å². The van der Waals surface area contributed by atoms with Crippen molar-refractivity contribution in [1.29, 1.82) is 0 Å². The van der Waals surface area contributed by atoms with Crippen LogP contribution in [0.1, 0.15) is 31.2 Å². The Kier molecular flexibility index (Phi) is 9.50. The number of hydrogen-bond acceptors (Lipinski definition) is 10. The maximum absolute atomic E-state index is 15.1. The van der Waals surface area contributed by atoms with E-state index in [-0.39, 0.29) is 30.4 Å². The Morgan fingerprint density at radius 2 is 1.48 bits per heavy atom. The molecule has 2 aromatic heterocycles. The molecule has 3 fully saturated rings. The third-order valence-corrected chi connectivity index (χ3v) is 14.8. The largest absolute Gasteiger partial charge is 0.508 e. The molecule has 15 heteroatoms. The molecule has 4 aromatic carbocycles. The molecule has 1 saturated carbocycles. The van der Waals surface area contributed by atoms with E-state index in [1.165, 1.54) is 31.9 Å². The van der Waals surface area contributed by atoms with Gasteiger partial charge in [0.15, 0.2) is 0 Å². The third-order valence-electron chi connectivity index (χ3n) is 13.1. The minimum atomic E-state index is -1.39. The van der Waals surface area contributed by atoms with Gasteiger partial charge in [0.25, 0.3) is 0 Å². The van der Waals surface area contributed by atoms with Crippen molar-refractivity contribution in [1.82, 2.24) is 9.78 Å². The van der Waals surface area contributed by atoms with Gasteiger partial charge in [0, 0.05) is 59.1 Å². The molecular weight excluding hydrogens is 846 g/mol. The molecule has 2 saturated heterocycles. The molecule has 2 aliphatic carbocycles. The maximum atomic E-state index is 15.1. The monoisotopic (exact) mass is 883 g/mol. The van der Waals surface area contributed by atoms with Crippen LogP contribution in [0.3, 0.4) is 0 Å². The number of aryl methyl sites for hydroxylation is 1. The van der Waals surface area contributed by atoms with Crippen molar-refractivity contribution < 1.29 is 24.3 Å². The minimum absolute atomic E-state index is 0.0901. The highest BCUT2D eigenvalue weighted by Gasteiger charge is 2.68. The van der Waals surface area contributed by atoms with Gasteiger partial charge < -0.3 is 10.0 Å². The summed E-state index contributed by atoms with van der Waals surface area (Å²) in [6.45, 7) is 1.77. The lowest BCUT2D eigenvalue weighted by molar-refractivity contribution is -0.131. The zero-order chi connectivity index (χ0) is 43.4. The van der Waals surface area contributed by atoms with E-state index in [0.717, 1.165) is 26.2 Å². The fraction of sp³-hybridized carbons (Fsp3) is 0.255. The van der Waals surface area contributed by atoms with E-state index in [4.69, 9.17) is 28.3 Å². The van der Waals surface area contributed by atoms with Gasteiger partial charge in [0.1, 0.15) is 17.3 Å². The molecule has 6 atom stereocenters. The van der Waals surface area contributed by atoms with E-state index in [2.05, 4.69) is 10.2 Å². The first-order valence-electron chi connectivity index (χ1n) is 20.2. The van der Waals surface area contributed by atoms with Gasteiger partial charge in [-0.15, -0.1) is 11.3 Å². The number of fused-ring (bicyclic) bond motifs is 5. The molecule has 10 rings (SSSR count). The van der Waals surface area contributed by atoms with Crippen LogP contribution in [-0.4, -0.2) is 52.6 Å². The molecular formula is C47H39Cl2N7O5S. The standard InChI is InChI=1S/C47H39Cl2N7O5S/c1-47-35(44(59)56(46(47)61)40-23-36(52-54(40)4)39-20-24-19-25(48)6-18-38(24)62-39)22-33-31(42(47)34-21-26(49)5-17-37(34)57)15-16-32-41(33)45(60)55(43(32)58)30-13-9-28(10-14-30)51-50-27-7-11-29(12-8-27)53(2)3/h5-15,17-21,23,32-33,35,41-42,57H,16,22H2,1-4H3/t32-,33+,35-,41-,42+,47+/m0/s1. The number of anilines is 3. The second-order valence-corrected chi connectivity index (χ2v) is 18.8. The Hall–Kier alpha value is -6.15. The lowest BCUT2D eigenvalue weighted by atomic mass is 9.51. The van der Waals surface area contributed by atoms with Gasteiger partial charge in [-0.1, -0.05) is 34.9 Å². The van der Waals surface area contributed by atoms with Crippen molar-refractivity contribution in [2.45, 2.75) is 25.7 Å². The van der Waals surface area contributed by atoms with E-state index in [1.807, 2.05) is 73.6 Å². The van der Waals surface area contributed by atoms with Gasteiger partial charge in [-0.25, -0.2) is 4.90 Å². The number of rotatable bonds is 7. The van der Waals surface area contributed by atoms with Gasteiger partial charge in [-0.05, 0) is 122 Å². The van der Waals surface area contributed by atoms with Crippen LogP contribution in [0.2, 0.25) is 10.0 Å². The molecule has 0 radical (unpaired) electrons. The van der Waals surface area contributed by atoms with Crippen molar-refractivity contribution in [3.05, 3.63) is 124 Å². The second-order valence-electron chi connectivity index (χ2n) is 16.8. The highest BCUT2D eigenvalue weighted by atomic mass is 35.5. The number of thiophene rings is 1. The van der Waals surface area contributed by atoms with E-state index >= 15 is 4.79 Å². The predicted octanol–water partition coefficient (Wildman–Crippen LogP) is 10.2. The van der Waals surface area contributed by atoms with Crippen molar-refractivity contribution >= 4 is 96.8 Å². The topological polar surface area (TPSA) is 141 Å². The molecule has 6 aromatic rings. The summed E-state index contributed by atoms with van der Waals surface area (Å²) in [5, 5.41) is 26.8. The average molecular weight is 885 g/mol. The summed E-state index contributed by atoms with van der Waals surface area (Å²) in [6, 6.07) is 28.5. The van der Waals surface area contributed by atoms with Crippen LogP contribution in [0.15, 0.2) is 119 Å². The van der Waals surface area contributed by atoms with Crippen LogP contribution >= 0.6 is 34.5 Å². The summed E-state index contributed by atoms with van der Waals surface area (Å²) >= 11 is 14.4. The van der Waals surface area contributed by atoms with Crippen LogP contribution in [0.4, 0.5) is 28.6 Å². The number of carbonyl (C=O) groups excluding carboxylic acids is 4. The molecule has 4 amide bonds. The average Bonchev–Trinajstić information content (AvgIpc) is 3.97. The first kappa shape index (κ1) is 40.0. The lowest BCUT2D eigenvalue weighted by Crippen LogP contribution is -2.49. The van der Waals surface area contributed by atoms with Crippen LogP contribution < -0.4 is 14.7 Å². The zero-order valence-electron chi connectivity index (χ0n) is 34.0. The smallest absolute Gasteiger partial charge is 0.242 e. The van der Waals surface area contributed by atoms with Crippen molar-refractivity contribution in [3.8, 4) is 16.3 Å². The number of halogens is 2. The molecule has 12 nitrogen and oxygen atoms in total. The first-order chi connectivity index (χ1) is 29.7. The fourth-order valence-electron chi connectivity index (χ4n) is 10.1. The van der Waals surface area contributed by atoms with E-state index in [0.29, 0.717) is 44.2 Å². The van der Waals surface area contributed by atoms with Crippen LogP contribution in [0.25, 0.3) is 20.7 Å². The number of carbonyl (C=O) groups is 4. The number of allylic oxidation sites excluding steroid dienone is 2. The van der Waals surface area contributed by atoms with E-state index in [1.54, 1.807) is 56.4 Å². The molecule has 0 bridgehead atoms. The van der Waals surface area contributed by atoms with Gasteiger partial charge in [0.2, 0.25) is 23.6 Å². The number of hydrogen-bond donors (Lipinski definition) is 1. The third kappa shape index (κ3) is 6.19. The molecule has 0 spiro atoms. The number of aromatic hydroxyl groups is 1. The molecule has 1 N–H and O–H groups in total. The molecule has 4 heterocycles. The second kappa shape index (κ2) is 14.7. The first-order valence-corrected chi connectivity index (χ1v) is 21.8. The molecule has 62 heavy (non-hydrogen) atoms. The van der Waals surface area contributed by atoms with Crippen molar-refractivity contribution in [2.24, 2.45) is 46.4 Å². The Bertz CT molecular complexity index is 2940. The summed E-state index contributed by atoms with van der Waals surface area (Å²) in [6.07, 6.45) is 2.33. The van der Waals surface area contributed by atoms with Gasteiger partial charge in [-0.3, -0.25) is 28.8 Å². The number of azo groups is 1. The Morgan fingerprint density at radius 3 is 2.19 bits per heavy atom. The number of phenolic OH excluding ortho intramolecular Hbond substituents is 1. The number of nitrogens with zero attached hydrogens (tertiary/aromatic N) is 7. The number of imide groups is 2. The van der Waals surface area contributed by atoms with Crippen molar-refractivity contribution in [3.63, 3.8) is 0 Å². The molecule has 2 aliphatic heterocycles. The Labute approximate surface area is 370 Å². The van der Waals surface area contributed by atoms with E-state index in [9.17, 15) is 19.5 Å². The summed E-state index contributed by atoms with van der Waals surface area (Å²) in [5.41, 5.74) is 2.98. The van der Waals surface area contributed by atoms with Crippen LogP contribution in [0.5, 0.6) is 5.75 Å². The SMILES string of the molecule is CN(C)c1ccc(N=Nc2ccc(N3C(=O)[C@H]4[C@H](CC=C5[C@H]4C[C@H]4C(=O)N(c6cc(-c7cc8cc(Cl)ccc8s7)nn6C)C(=O)[C@@]4(C)[C@H]5c4cc(Cl)ccc4O)C3=O)cc2)cc1. The minimum Gasteiger partial charge on any atom is -0.508 e. The number of phenols is 1. The number of benzene rings is 4. The molecule has 4 aliphatic rings. The zero-order valence-corrected chi connectivity index (χ0v) is 36.3. The summed E-state index contributed by atoms with van der Waals surface area (Å²) in [7, 11) is 5.62. The number of amides is 4. The molecule has 0 unspecified atom stereocenters. The van der Waals surface area contributed by atoms with Crippen LogP contribution in [-0.2, 0) is 26.2 Å². The van der Waals surface area contributed by atoms with Gasteiger partial charge >= 0.3 is 0 Å².